The third-order valence-corrected chi connectivity index (χ3v) is 2.33. The van der Waals surface area contributed by atoms with Gasteiger partial charge in [-0.05, 0) is 20.8 Å². The van der Waals surface area contributed by atoms with Crippen molar-refractivity contribution in [3.05, 3.63) is 32.6 Å². The Morgan fingerprint density at radius 1 is 1.50 bits per heavy atom. The number of rotatable bonds is 5. The van der Waals surface area contributed by atoms with Crippen LogP contribution in [0.5, 0.6) is 0 Å². The molecule has 0 unspecified atom stereocenters. The maximum absolute atomic E-state index is 11.6. The fourth-order valence-electron chi connectivity index (χ4n) is 1.63. The van der Waals surface area contributed by atoms with Crippen molar-refractivity contribution in [1.29, 1.82) is 0 Å². The monoisotopic (exact) mass is 256 g/mol. The van der Waals surface area contributed by atoms with Crippen LogP contribution >= 0.6 is 0 Å². The summed E-state index contributed by atoms with van der Waals surface area (Å²) < 4.78 is 6.55. The Labute approximate surface area is 103 Å². The van der Waals surface area contributed by atoms with Crippen LogP contribution in [-0.4, -0.2) is 32.8 Å². The molecular formula is C11H16N2O5. The first kappa shape index (κ1) is 14.2. The molecule has 2 N–H and O–H groups in total. The lowest BCUT2D eigenvalue weighted by molar-refractivity contribution is -0.0233. The maximum atomic E-state index is 11.6. The number of aromatic amines is 1. The summed E-state index contributed by atoms with van der Waals surface area (Å²) in [5, 5.41) is 8.82. The van der Waals surface area contributed by atoms with E-state index in [1.54, 1.807) is 13.8 Å². The molecule has 0 radical (unpaired) electrons. The predicted octanol–water partition coefficient (Wildman–Crippen LogP) is 0.0499. The highest BCUT2D eigenvalue weighted by Crippen LogP contribution is 2.10. The Balaban J connectivity index is 3.18. The highest BCUT2D eigenvalue weighted by molar-refractivity contribution is 5.86. The van der Waals surface area contributed by atoms with Gasteiger partial charge in [-0.25, -0.2) is 9.59 Å². The minimum Gasteiger partial charge on any atom is -0.477 e. The largest absolute Gasteiger partial charge is 0.477 e. The number of carboxylic acids is 1. The number of aromatic carboxylic acids is 1. The Morgan fingerprint density at radius 2 is 2.11 bits per heavy atom. The van der Waals surface area contributed by atoms with Crippen LogP contribution < -0.4 is 11.2 Å². The predicted molar refractivity (Wildman–Crippen MR) is 64.0 cm³/mol. The zero-order valence-corrected chi connectivity index (χ0v) is 10.5. The van der Waals surface area contributed by atoms with E-state index in [0.29, 0.717) is 6.61 Å². The van der Waals surface area contributed by atoms with Gasteiger partial charge < -0.3 is 9.84 Å². The van der Waals surface area contributed by atoms with Crippen molar-refractivity contribution in [3.8, 4) is 0 Å². The first-order chi connectivity index (χ1) is 8.26. The Hall–Kier alpha value is -1.89. The van der Waals surface area contributed by atoms with Gasteiger partial charge in [0, 0.05) is 12.8 Å². The van der Waals surface area contributed by atoms with Crippen molar-refractivity contribution >= 4 is 5.97 Å². The molecule has 1 aromatic heterocycles. The zero-order valence-electron chi connectivity index (χ0n) is 10.5. The molecule has 0 aliphatic carbocycles. The molecule has 0 fully saturated rings. The van der Waals surface area contributed by atoms with E-state index in [-0.39, 0.29) is 6.54 Å². The number of carboxylic acid groups (broad SMARTS) is 1. The Bertz CT molecular complexity index is 555. The van der Waals surface area contributed by atoms with Crippen molar-refractivity contribution < 1.29 is 14.6 Å². The molecule has 0 saturated heterocycles. The third-order valence-electron chi connectivity index (χ3n) is 2.33. The van der Waals surface area contributed by atoms with Gasteiger partial charge >= 0.3 is 11.7 Å². The zero-order chi connectivity index (χ0) is 13.9. The number of ether oxygens (including phenoxy) is 1. The van der Waals surface area contributed by atoms with E-state index < -0.39 is 28.4 Å². The van der Waals surface area contributed by atoms with Gasteiger partial charge in [0.15, 0.2) is 0 Å². The SMILES string of the molecule is CCOC(C)(C)Cn1cc(C(=O)O)c(=O)[nH]c1=O. The van der Waals surface area contributed by atoms with E-state index in [1.807, 2.05) is 11.9 Å². The van der Waals surface area contributed by atoms with E-state index in [9.17, 15) is 14.4 Å². The summed E-state index contributed by atoms with van der Waals surface area (Å²) in [5.41, 5.74) is -2.66. The van der Waals surface area contributed by atoms with Gasteiger partial charge in [0.05, 0.1) is 12.1 Å². The molecule has 0 spiro atoms. The summed E-state index contributed by atoms with van der Waals surface area (Å²) in [6.45, 7) is 5.98. The number of H-pyrrole nitrogens is 1. The van der Waals surface area contributed by atoms with Gasteiger partial charge in [0.1, 0.15) is 5.56 Å². The van der Waals surface area contributed by atoms with Crippen LogP contribution in [0.1, 0.15) is 31.1 Å². The highest BCUT2D eigenvalue weighted by atomic mass is 16.5. The molecule has 0 amide bonds. The van der Waals surface area contributed by atoms with Crippen molar-refractivity contribution in [3.63, 3.8) is 0 Å². The van der Waals surface area contributed by atoms with Crippen LogP contribution in [0.15, 0.2) is 15.8 Å². The van der Waals surface area contributed by atoms with E-state index in [2.05, 4.69) is 0 Å². The summed E-state index contributed by atoms with van der Waals surface area (Å²) in [6.07, 6.45) is 1.03. The van der Waals surface area contributed by atoms with E-state index in [1.165, 1.54) is 0 Å². The minimum atomic E-state index is -1.38. The van der Waals surface area contributed by atoms with Crippen molar-refractivity contribution in [1.82, 2.24) is 9.55 Å². The van der Waals surface area contributed by atoms with Crippen LogP contribution in [0.25, 0.3) is 0 Å². The lowest BCUT2D eigenvalue weighted by Gasteiger charge is -2.25. The van der Waals surface area contributed by atoms with Gasteiger partial charge in [-0.1, -0.05) is 0 Å². The first-order valence-corrected chi connectivity index (χ1v) is 5.48. The molecule has 100 valence electrons. The summed E-state index contributed by atoms with van der Waals surface area (Å²) in [7, 11) is 0. The van der Waals surface area contributed by atoms with Crippen LogP contribution in [0, 0.1) is 0 Å². The number of nitrogens with zero attached hydrogens (tertiary/aromatic N) is 1. The molecule has 0 aliphatic rings. The van der Waals surface area contributed by atoms with Crippen LogP contribution in [0.2, 0.25) is 0 Å². The van der Waals surface area contributed by atoms with Crippen LogP contribution in [0.4, 0.5) is 0 Å². The quantitative estimate of drug-likeness (QED) is 0.775. The van der Waals surface area contributed by atoms with Gasteiger partial charge in [0.25, 0.3) is 5.56 Å². The number of hydrogen-bond donors (Lipinski definition) is 2. The molecule has 0 aliphatic heterocycles. The molecule has 1 rings (SSSR count). The van der Waals surface area contributed by atoms with Crippen molar-refractivity contribution in [2.45, 2.75) is 32.9 Å². The topological polar surface area (TPSA) is 101 Å². The number of carbonyl (C=O) groups is 1. The molecular weight excluding hydrogens is 240 g/mol. The second kappa shape index (κ2) is 5.18. The lowest BCUT2D eigenvalue weighted by Crippen LogP contribution is -2.39. The molecule has 7 heteroatoms. The standard InChI is InChI=1S/C11H16N2O5/c1-4-18-11(2,3)6-13-5-7(9(15)16)8(14)12-10(13)17/h5H,4,6H2,1-3H3,(H,15,16)(H,12,14,17). The molecule has 0 aromatic carbocycles. The van der Waals surface area contributed by atoms with E-state index in [0.717, 1.165) is 10.8 Å². The Morgan fingerprint density at radius 3 is 2.61 bits per heavy atom. The summed E-state index contributed by atoms with van der Waals surface area (Å²) in [5.74, 6) is -1.38. The fraction of sp³-hybridized carbons (Fsp3) is 0.545. The van der Waals surface area contributed by atoms with E-state index >= 15 is 0 Å². The first-order valence-electron chi connectivity index (χ1n) is 5.48. The number of aromatic nitrogens is 2. The molecule has 0 atom stereocenters. The summed E-state index contributed by atoms with van der Waals surface area (Å²) in [4.78, 5) is 35.6. The maximum Gasteiger partial charge on any atom is 0.342 e. The Kier molecular flexibility index (Phi) is 4.07. The van der Waals surface area contributed by atoms with E-state index in [4.69, 9.17) is 9.84 Å². The fourth-order valence-corrected chi connectivity index (χ4v) is 1.63. The molecule has 0 saturated carbocycles. The summed E-state index contributed by atoms with van der Waals surface area (Å²) >= 11 is 0. The second-order valence-electron chi connectivity index (χ2n) is 4.43. The smallest absolute Gasteiger partial charge is 0.342 e. The molecule has 0 bridgehead atoms. The molecule has 1 heterocycles. The van der Waals surface area contributed by atoms with Gasteiger partial charge in [-0.15, -0.1) is 0 Å². The van der Waals surface area contributed by atoms with Crippen LogP contribution in [0.3, 0.4) is 0 Å². The van der Waals surface area contributed by atoms with Gasteiger partial charge in [-0.3, -0.25) is 14.3 Å². The molecule has 1 aromatic rings. The summed E-state index contributed by atoms with van der Waals surface area (Å²) in [6, 6.07) is 0. The molecule has 7 nitrogen and oxygen atoms in total. The molecule has 18 heavy (non-hydrogen) atoms. The minimum absolute atomic E-state index is 0.150. The van der Waals surface area contributed by atoms with Crippen molar-refractivity contribution in [2.75, 3.05) is 6.61 Å². The normalized spacial score (nSPS) is 11.5. The second-order valence-corrected chi connectivity index (χ2v) is 4.43. The number of hydrogen-bond acceptors (Lipinski definition) is 4. The average Bonchev–Trinajstić information content (AvgIpc) is 2.21. The lowest BCUT2D eigenvalue weighted by atomic mass is 10.1. The van der Waals surface area contributed by atoms with Gasteiger partial charge in [0.2, 0.25) is 0 Å². The number of nitrogens with one attached hydrogen (secondary N) is 1. The van der Waals surface area contributed by atoms with Crippen molar-refractivity contribution in [2.24, 2.45) is 0 Å². The average molecular weight is 256 g/mol. The highest BCUT2D eigenvalue weighted by Gasteiger charge is 2.20. The third kappa shape index (κ3) is 3.30. The van der Waals surface area contributed by atoms with Gasteiger partial charge in [-0.2, -0.15) is 0 Å². The van der Waals surface area contributed by atoms with Crippen LogP contribution in [-0.2, 0) is 11.3 Å².